The molecule has 0 spiro atoms. The van der Waals surface area contributed by atoms with Crippen molar-refractivity contribution in [1.82, 2.24) is 20.3 Å². The molecule has 0 radical (unpaired) electrons. The first-order chi connectivity index (χ1) is 9.29. The standard InChI is InChI=1S/C13H18N4O2/c1-8-11-9(10-3-5-19-6-4-14-10)7-15-12(11)17-13(16-8)18-2/h7,10,14H,3-6H2,1-2H3,(H,15,16,17). The predicted octanol–water partition coefficient (Wildman–Crippen LogP) is 1.33. The SMILES string of the molecule is COc1nc(C)c2c(C3CCOCCN3)c[nH]c2n1. The van der Waals surface area contributed by atoms with E-state index in [-0.39, 0.29) is 6.04 Å². The van der Waals surface area contributed by atoms with Crippen molar-refractivity contribution in [2.45, 2.75) is 19.4 Å². The topological polar surface area (TPSA) is 72.1 Å². The maximum Gasteiger partial charge on any atom is 0.318 e. The zero-order valence-corrected chi connectivity index (χ0v) is 11.2. The summed E-state index contributed by atoms with van der Waals surface area (Å²) in [6.45, 7) is 4.40. The minimum atomic E-state index is 0.284. The lowest BCUT2D eigenvalue weighted by molar-refractivity contribution is 0.150. The molecule has 2 N–H and O–H groups in total. The number of aromatic nitrogens is 3. The number of aromatic amines is 1. The average molecular weight is 262 g/mol. The van der Waals surface area contributed by atoms with Gasteiger partial charge in [0.1, 0.15) is 5.65 Å². The number of hydrogen-bond donors (Lipinski definition) is 2. The van der Waals surface area contributed by atoms with Crippen molar-refractivity contribution in [2.75, 3.05) is 26.9 Å². The highest BCUT2D eigenvalue weighted by atomic mass is 16.5. The monoisotopic (exact) mass is 262 g/mol. The minimum absolute atomic E-state index is 0.284. The van der Waals surface area contributed by atoms with Crippen molar-refractivity contribution >= 4 is 11.0 Å². The van der Waals surface area contributed by atoms with Gasteiger partial charge in [-0.3, -0.25) is 0 Å². The van der Waals surface area contributed by atoms with E-state index in [0.717, 1.165) is 42.9 Å². The van der Waals surface area contributed by atoms with Crippen molar-refractivity contribution in [3.8, 4) is 6.01 Å². The average Bonchev–Trinajstić information content (AvgIpc) is 2.67. The molecule has 0 amide bonds. The molecule has 19 heavy (non-hydrogen) atoms. The molecule has 1 aliphatic heterocycles. The summed E-state index contributed by atoms with van der Waals surface area (Å²) >= 11 is 0. The van der Waals surface area contributed by atoms with Gasteiger partial charge in [0, 0.05) is 30.8 Å². The van der Waals surface area contributed by atoms with Crippen molar-refractivity contribution in [3.63, 3.8) is 0 Å². The molecule has 0 aromatic carbocycles. The minimum Gasteiger partial charge on any atom is -0.467 e. The number of H-pyrrole nitrogens is 1. The first-order valence-corrected chi connectivity index (χ1v) is 6.50. The highest BCUT2D eigenvalue weighted by molar-refractivity contribution is 5.83. The second-order valence-corrected chi connectivity index (χ2v) is 4.67. The van der Waals surface area contributed by atoms with E-state index in [1.807, 2.05) is 13.1 Å². The van der Waals surface area contributed by atoms with Crippen LogP contribution in [0.4, 0.5) is 0 Å². The van der Waals surface area contributed by atoms with E-state index in [9.17, 15) is 0 Å². The van der Waals surface area contributed by atoms with E-state index < -0.39 is 0 Å². The normalized spacial score (nSPS) is 20.4. The first kappa shape index (κ1) is 12.4. The Labute approximate surface area is 111 Å². The lowest BCUT2D eigenvalue weighted by Gasteiger charge is -2.14. The number of ether oxygens (including phenoxy) is 2. The van der Waals surface area contributed by atoms with Crippen molar-refractivity contribution in [2.24, 2.45) is 0 Å². The Morgan fingerprint density at radius 3 is 3.11 bits per heavy atom. The van der Waals surface area contributed by atoms with Crippen LogP contribution in [0.25, 0.3) is 11.0 Å². The molecular formula is C13H18N4O2. The van der Waals surface area contributed by atoms with Crippen LogP contribution in [0.2, 0.25) is 0 Å². The van der Waals surface area contributed by atoms with Crippen molar-refractivity contribution in [3.05, 3.63) is 17.5 Å². The Morgan fingerprint density at radius 1 is 1.37 bits per heavy atom. The van der Waals surface area contributed by atoms with Gasteiger partial charge in [-0.15, -0.1) is 0 Å². The maximum atomic E-state index is 5.48. The third-order valence-corrected chi connectivity index (χ3v) is 3.47. The second-order valence-electron chi connectivity index (χ2n) is 4.67. The number of nitrogens with one attached hydrogen (secondary N) is 2. The van der Waals surface area contributed by atoms with Gasteiger partial charge in [-0.1, -0.05) is 0 Å². The molecule has 2 aromatic heterocycles. The number of hydrogen-bond acceptors (Lipinski definition) is 5. The van der Waals surface area contributed by atoms with Gasteiger partial charge < -0.3 is 19.8 Å². The third-order valence-electron chi connectivity index (χ3n) is 3.47. The first-order valence-electron chi connectivity index (χ1n) is 6.50. The Bertz CT molecular complexity index is 573. The van der Waals surface area contributed by atoms with Crippen LogP contribution in [0.3, 0.4) is 0 Å². The molecule has 1 fully saturated rings. The number of aryl methyl sites for hydroxylation is 1. The molecular weight excluding hydrogens is 244 g/mol. The highest BCUT2D eigenvalue weighted by Crippen LogP contribution is 2.28. The zero-order chi connectivity index (χ0) is 13.2. The van der Waals surface area contributed by atoms with Crippen LogP contribution in [-0.4, -0.2) is 41.8 Å². The third kappa shape index (κ3) is 2.29. The van der Waals surface area contributed by atoms with E-state index >= 15 is 0 Å². The van der Waals surface area contributed by atoms with Crippen LogP contribution < -0.4 is 10.1 Å². The maximum absolute atomic E-state index is 5.48. The fraction of sp³-hybridized carbons (Fsp3) is 0.538. The molecule has 0 bridgehead atoms. The van der Waals surface area contributed by atoms with Gasteiger partial charge in [0.2, 0.25) is 0 Å². The molecule has 3 heterocycles. The highest BCUT2D eigenvalue weighted by Gasteiger charge is 2.20. The number of methoxy groups -OCH3 is 1. The Balaban J connectivity index is 2.04. The summed E-state index contributed by atoms with van der Waals surface area (Å²) < 4.78 is 10.6. The number of nitrogens with zero attached hydrogens (tertiary/aromatic N) is 2. The van der Waals surface area contributed by atoms with Crippen LogP contribution in [0.1, 0.15) is 23.7 Å². The molecule has 102 valence electrons. The molecule has 1 unspecified atom stereocenters. The van der Waals surface area contributed by atoms with Gasteiger partial charge in [0.25, 0.3) is 0 Å². The van der Waals surface area contributed by atoms with Gasteiger partial charge in [0.05, 0.1) is 19.4 Å². The molecule has 3 rings (SSSR count). The van der Waals surface area contributed by atoms with Gasteiger partial charge in [-0.25, -0.2) is 0 Å². The summed E-state index contributed by atoms with van der Waals surface area (Å²) in [5, 5.41) is 4.58. The molecule has 1 aliphatic rings. The summed E-state index contributed by atoms with van der Waals surface area (Å²) in [4.78, 5) is 11.9. The summed E-state index contributed by atoms with van der Waals surface area (Å²) in [6, 6.07) is 0.683. The predicted molar refractivity (Wildman–Crippen MR) is 71.4 cm³/mol. The molecule has 2 aromatic rings. The number of fused-ring (bicyclic) bond motifs is 1. The fourth-order valence-corrected chi connectivity index (χ4v) is 2.56. The van der Waals surface area contributed by atoms with E-state index in [0.29, 0.717) is 6.01 Å². The quantitative estimate of drug-likeness (QED) is 0.854. The summed E-state index contributed by atoms with van der Waals surface area (Å²) in [5.74, 6) is 0. The largest absolute Gasteiger partial charge is 0.467 e. The van der Waals surface area contributed by atoms with E-state index in [2.05, 4.69) is 20.3 Å². The molecule has 6 nitrogen and oxygen atoms in total. The Morgan fingerprint density at radius 2 is 2.26 bits per heavy atom. The molecule has 0 aliphatic carbocycles. The van der Waals surface area contributed by atoms with Crippen LogP contribution in [0.15, 0.2) is 6.20 Å². The second kappa shape index (κ2) is 5.14. The van der Waals surface area contributed by atoms with Gasteiger partial charge in [-0.2, -0.15) is 9.97 Å². The van der Waals surface area contributed by atoms with Crippen LogP contribution >= 0.6 is 0 Å². The number of rotatable bonds is 2. The Kier molecular flexibility index (Phi) is 3.35. The summed E-state index contributed by atoms with van der Waals surface area (Å²) in [7, 11) is 1.58. The smallest absolute Gasteiger partial charge is 0.318 e. The molecule has 1 saturated heterocycles. The summed E-state index contributed by atoms with van der Waals surface area (Å²) in [6.07, 6.45) is 2.97. The lowest BCUT2D eigenvalue weighted by atomic mass is 10.0. The molecule has 6 heteroatoms. The van der Waals surface area contributed by atoms with Gasteiger partial charge in [-0.05, 0) is 18.9 Å². The van der Waals surface area contributed by atoms with Crippen LogP contribution in [0.5, 0.6) is 6.01 Å². The zero-order valence-electron chi connectivity index (χ0n) is 11.2. The van der Waals surface area contributed by atoms with Crippen LogP contribution in [0, 0.1) is 6.92 Å². The van der Waals surface area contributed by atoms with E-state index in [4.69, 9.17) is 9.47 Å². The van der Waals surface area contributed by atoms with Crippen LogP contribution in [-0.2, 0) is 4.74 Å². The van der Waals surface area contributed by atoms with Gasteiger partial charge in [0.15, 0.2) is 0 Å². The Hall–Kier alpha value is -1.66. The van der Waals surface area contributed by atoms with E-state index in [1.54, 1.807) is 7.11 Å². The van der Waals surface area contributed by atoms with Crippen molar-refractivity contribution < 1.29 is 9.47 Å². The van der Waals surface area contributed by atoms with Gasteiger partial charge >= 0.3 is 6.01 Å². The molecule has 0 saturated carbocycles. The summed E-state index contributed by atoms with van der Waals surface area (Å²) in [5.41, 5.74) is 2.97. The molecule has 1 atom stereocenters. The van der Waals surface area contributed by atoms with Crippen molar-refractivity contribution in [1.29, 1.82) is 0 Å². The lowest BCUT2D eigenvalue weighted by Crippen LogP contribution is -2.22. The fourth-order valence-electron chi connectivity index (χ4n) is 2.56. The van der Waals surface area contributed by atoms with E-state index in [1.165, 1.54) is 5.56 Å².